The summed E-state index contributed by atoms with van der Waals surface area (Å²) in [5.41, 5.74) is 2.80. The van der Waals surface area contributed by atoms with E-state index >= 15 is 0 Å². The molecule has 0 saturated carbocycles. The third-order valence-corrected chi connectivity index (χ3v) is 2.19. The van der Waals surface area contributed by atoms with E-state index in [9.17, 15) is 18.0 Å². The van der Waals surface area contributed by atoms with Crippen LogP contribution in [0.2, 0.25) is 0 Å². The molecule has 5 heteroatoms. The molecule has 18 heavy (non-hydrogen) atoms. The van der Waals surface area contributed by atoms with E-state index < -0.39 is 12.0 Å². The van der Waals surface area contributed by atoms with Crippen LogP contribution in [0.1, 0.15) is 18.1 Å². The Hall–Kier alpha value is -1.78. The van der Waals surface area contributed by atoms with Gasteiger partial charge in [-0.2, -0.15) is 13.2 Å². The van der Waals surface area contributed by atoms with Crippen molar-refractivity contribution in [2.75, 3.05) is 5.32 Å². The van der Waals surface area contributed by atoms with Crippen LogP contribution >= 0.6 is 0 Å². The molecule has 0 fully saturated rings. The molecule has 0 bridgehead atoms. The number of halogens is 3. The maximum atomic E-state index is 12.1. The standard InChI is InChI=1S/C13H14F3NO/c1-8-4-9(2)6-11(5-8)17-10(3)7-12(18)13(14,15)16/h4-7,17H,1-3H3/b10-7-. The summed E-state index contributed by atoms with van der Waals surface area (Å²) < 4.78 is 36.2. The van der Waals surface area contributed by atoms with Crippen LogP contribution in [-0.2, 0) is 4.79 Å². The number of nitrogens with one attached hydrogen (secondary N) is 1. The number of carbonyl (C=O) groups excluding carboxylic acids is 1. The lowest BCUT2D eigenvalue weighted by molar-refractivity contribution is -0.165. The van der Waals surface area contributed by atoms with Gasteiger partial charge in [-0.1, -0.05) is 6.07 Å². The van der Waals surface area contributed by atoms with Crippen molar-refractivity contribution in [3.05, 3.63) is 41.1 Å². The Balaban J connectivity index is 2.84. The molecule has 1 aromatic rings. The highest BCUT2D eigenvalue weighted by atomic mass is 19.4. The van der Waals surface area contributed by atoms with Gasteiger partial charge < -0.3 is 5.32 Å². The fourth-order valence-corrected chi connectivity index (χ4v) is 1.59. The Morgan fingerprint density at radius 1 is 1.17 bits per heavy atom. The maximum Gasteiger partial charge on any atom is 0.454 e. The molecule has 0 saturated heterocycles. The number of aryl methyl sites for hydroxylation is 2. The van der Waals surface area contributed by atoms with E-state index in [2.05, 4.69) is 5.32 Å². The largest absolute Gasteiger partial charge is 0.454 e. The quantitative estimate of drug-likeness (QED) is 0.835. The monoisotopic (exact) mass is 257 g/mol. The molecule has 0 amide bonds. The van der Waals surface area contributed by atoms with Gasteiger partial charge in [-0.25, -0.2) is 0 Å². The number of benzene rings is 1. The number of carbonyl (C=O) groups is 1. The fraction of sp³-hybridized carbons (Fsp3) is 0.308. The molecular formula is C13H14F3NO. The normalized spacial score (nSPS) is 12.4. The SMILES string of the molecule is C/C(=C/C(=O)C(F)(F)F)Nc1cc(C)cc(C)c1. The minimum atomic E-state index is -4.83. The summed E-state index contributed by atoms with van der Waals surface area (Å²) in [5.74, 6) is -1.86. The fourth-order valence-electron chi connectivity index (χ4n) is 1.59. The van der Waals surface area contributed by atoms with Crippen LogP contribution in [0.5, 0.6) is 0 Å². The minimum Gasteiger partial charge on any atom is -0.359 e. The Morgan fingerprint density at radius 2 is 1.67 bits per heavy atom. The van der Waals surface area contributed by atoms with Crippen LogP contribution in [0.25, 0.3) is 0 Å². The molecule has 98 valence electrons. The van der Waals surface area contributed by atoms with Gasteiger partial charge in [0.2, 0.25) is 0 Å². The van der Waals surface area contributed by atoms with E-state index in [0.717, 1.165) is 11.1 Å². The van der Waals surface area contributed by atoms with Gasteiger partial charge in [0.25, 0.3) is 5.78 Å². The van der Waals surface area contributed by atoms with Gasteiger partial charge >= 0.3 is 6.18 Å². The third-order valence-electron chi connectivity index (χ3n) is 2.19. The zero-order chi connectivity index (χ0) is 13.9. The molecule has 0 spiro atoms. The second kappa shape index (κ2) is 5.25. The van der Waals surface area contributed by atoms with Crippen LogP contribution < -0.4 is 5.32 Å². The number of rotatable bonds is 3. The van der Waals surface area contributed by atoms with Crippen molar-refractivity contribution in [1.82, 2.24) is 0 Å². The zero-order valence-corrected chi connectivity index (χ0v) is 10.4. The minimum absolute atomic E-state index is 0.155. The molecule has 0 aliphatic heterocycles. The second-order valence-electron chi connectivity index (χ2n) is 4.19. The average Bonchev–Trinajstić information content (AvgIpc) is 2.13. The van der Waals surface area contributed by atoms with Gasteiger partial charge in [0.15, 0.2) is 0 Å². The number of allylic oxidation sites excluding steroid dienone is 2. The Morgan fingerprint density at radius 3 is 2.11 bits per heavy atom. The lowest BCUT2D eigenvalue weighted by Crippen LogP contribution is -2.21. The molecule has 0 heterocycles. The first kappa shape index (κ1) is 14.3. The molecule has 0 radical (unpaired) electrons. The summed E-state index contributed by atoms with van der Waals surface area (Å²) in [6, 6.07) is 5.54. The lowest BCUT2D eigenvalue weighted by atomic mass is 10.1. The zero-order valence-electron chi connectivity index (χ0n) is 10.4. The highest BCUT2D eigenvalue weighted by Gasteiger charge is 2.36. The predicted molar refractivity (Wildman–Crippen MR) is 64.4 cm³/mol. The van der Waals surface area contributed by atoms with Crippen LogP contribution in [0, 0.1) is 13.8 Å². The van der Waals surface area contributed by atoms with Gasteiger partial charge in [-0.15, -0.1) is 0 Å². The van der Waals surface area contributed by atoms with Crippen LogP contribution in [-0.4, -0.2) is 12.0 Å². The summed E-state index contributed by atoms with van der Waals surface area (Å²) >= 11 is 0. The highest BCUT2D eigenvalue weighted by molar-refractivity contribution is 5.95. The van der Waals surface area contributed by atoms with E-state index in [4.69, 9.17) is 0 Å². The Kier molecular flexibility index (Phi) is 4.16. The van der Waals surface area contributed by atoms with Crippen LogP contribution in [0.3, 0.4) is 0 Å². The van der Waals surface area contributed by atoms with Crippen molar-refractivity contribution >= 4 is 11.5 Å². The van der Waals surface area contributed by atoms with Crippen LogP contribution in [0.4, 0.5) is 18.9 Å². The Bertz CT molecular complexity index is 469. The van der Waals surface area contributed by atoms with Gasteiger partial charge in [-0.3, -0.25) is 4.79 Å². The van der Waals surface area contributed by atoms with E-state index in [-0.39, 0.29) is 5.70 Å². The number of anilines is 1. The van der Waals surface area contributed by atoms with E-state index in [1.165, 1.54) is 6.92 Å². The van der Waals surface area contributed by atoms with E-state index in [1.807, 2.05) is 19.9 Å². The first-order chi connectivity index (χ1) is 8.18. The topological polar surface area (TPSA) is 29.1 Å². The number of hydrogen-bond acceptors (Lipinski definition) is 2. The molecule has 1 N–H and O–H groups in total. The number of alkyl halides is 3. The van der Waals surface area contributed by atoms with Crippen molar-refractivity contribution in [2.24, 2.45) is 0 Å². The molecule has 1 aromatic carbocycles. The van der Waals surface area contributed by atoms with E-state index in [0.29, 0.717) is 11.8 Å². The summed E-state index contributed by atoms with van der Waals surface area (Å²) in [6.45, 7) is 5.19. The third kappa shape index (κ3) is 4.24. The summed E-state index contributed by atoms with van der Waals surface area (Å²) in [4.78, 5) is 10.8. The molecular weight excluding hydrogens is 243 g/mol. The molecule has 0 aliphatic carbocycles. The molecule has 0 atom stereocenters. The summed E-state index contributed by atoms with van der Waals surface area (Å²) in [5, 5.41) is 2.77. The summed E-state index contributed by atoms with van der Waals surface area (Å²) in [7, 11) is 0. The smallest absolute Gasteiger partial charge is 0.359 e. The lowest BCUT2D eigenvalue weighted by Gasteiger charge is -2.09. The first-order valence-electron chi connectivity index (χ1n) is 5.33. The number of hydrogen-bond donors (Lipinski definition) is 1. The summed E-state index contributed by atoms with van der Waals surface area (Å²) in [6.07, 6.45) is -4.27. The van der Waals surface area contributed by atoms with Gasteiger partial charge in [-0.05, 0) is 44.0 Å². The van der Waals surface area contributed by atoms with Gasteiger partial charge in [0.05, 0.1) is 0 Å². The first-order valence-corrected chi connectivity index (χ1v) is 5.33. The molecule has 2 nitrogen and oxygen atoms in total. The van der Waals surface area contributed by atoms with Crippen molar-refractivity contribution in [3.63, 3.8) is 0 Å². The highest BCUT2D eigenvalue weighted by Crippen LogP contribution is 2.19. The predicted octanol–water partition coefficient (Wildman–Crippen LogP) is 3.75. The number of ketones is 1. The van der Waals surface area contributed by atoms with Crippen molar-refractivity contribution in [1.29, 1.82) is 0 Å². The second-order valence-corrected chi connectivity index (χ2v) is 4.19. The van der Waals surface area contributed by atoms with Gasteiger partial charge in [0, 0.05) is 17.5 Å². The van der Waals surface area contributed by atoms with Gasteiger partial charge in [0.1, 0.15) is 0 Å². The molecule has 0 unspecified atom stereocenters. The molecule has 0 aliphatic rings. The molecule has 0 aromatic heterocycles. The van der Waals surface area contributed by atoms with Crippen molar-refractivity contribution in [2.45, 2.75) is 26.9 Å². The maximum absolute atomic E-state index is 12.1. The van der Waals surface area contributed by atoms with Crippen molar-refractivity contribution < 1.29 is 18.0 Å². The van der Waals surface area contributed by atoms with Crippen molar-refractivity contribution in [3.8, 4) is 0 Å². The molecule has 1 rings (SSSR count). The van der Waals surface area contributed by atoms with Crippen LogP contribution in [0.15, 0.2) is 30.0 Å². The van der Waals surface area contributed by atoms with E-state index in [1.54, 1.807) is 12.1 Å². The average molecular weight is 257 g/mol. The Labute approximate surface area is 104 Å².